The van der Waals surface area contributed by atoms with Gasteiger partial charge >= 0.3 is 0 Å². The summed E-state index contributed by atoms with van der Waals surface area (Å²) < 4.78 is 5.55. The molecule has 1 aliphatic rings. The van der Waals surface area contributed by atoms with Crippen molar-refractivity contribution in [2.24, 2.45) is 0 Å². The van der Waals surface area contributed by atoms with Crippen LogP contribution in [0.5, 0.6) is 0 Å². The Morgan fingerprint density at radius 3 is 2.85 bits per heavy atom. The maximum Gasteiger partial charge on any atom is 0.243 e. The van der Waals surface area contributed by atoms with E-state index in [0.29, 0.717) is 22.7 Å². The van der Waals surface area contributed by atoms with Crippen molar-refractivity contribution in [1.82, 2.24) is 14.8 Å². The predicted octanol–water partition coefficient (Wildman–Crippen LogP) is 0.211. The maximum absolute atomic E-state index is 11.9. The van der Waals surface area contributed by atoms with Gasteiger partial charge in [0.25, 0.3) is 0 Å². The molecule has 0 spiro atoms. The molecule has 1 aromatic carbocycles. The lowest BCUT2D eigenvalue weighted by Crippen LogP contribution is -2.51. The lowest BCUT2D eigenvalue weighted by atomic mass is 10.3. The second-order valence-electron chi connectivity index (χ2n) is 4.80. The Bertz CT molecular complexity index is 694. The fraction of sp³-hybridized carbons (Fsp3) is 0.308. The number of anilines is 1. The minimum absolute atomic E-state index is 0.0452. The number of rotatable bonds is 2. The molecule has 0 saturated carbocycles. The van der Waals surface area contributed by atoms with Gasteiger partial charge < -0.3 is 20.0 Å². The first-order chi connectivity index (χ1) is 9.54. The first-order valence-electron chi connectivity index (χ1n) is 6.20. The van der Waals surface area contributed by atoms with Gasteiger partial charge in [0.2, 0.25) is 17.7 Å². The Hall–Kier alpha value is -2.57. The molecule has 0 atom stereocenters. The van der Waals surface area contributed by atoms with Gasteiger partial charge in [-0.05, 0) is 12.1 Å². The van der Waals surface area contributed by atoms with Crippen molar-refractivity contribution in [2.45, 2.75) is 6.54 Å². The summed E-state index contributed by atoms with van der Waals surface area (Å²) in [6.07, 6.45) is 0. The number of hydrogen-bond acceptors (Lipinski definition) is 5. The molecule has 0 radical (unpaired) electrons. The van der Waals surface area contributed by atoms with Crippen LogP contribution in [0.4, 0.5) is 5.69 Å². The molecule has 2 amide bonds. The zero-order valence-corrected chi connectivity index (χ0v) is 11.0. The summed E-state index contributed by atoms with van der Waals surface area (Å²) in [6.45, 7) is 0.303. The van der Waals surface area contributed by atoms with Gasteiger partial charge in [0.1, 0.15) is 12.1 Å². The van der Waals surface area contributed by atoms with Gasteiger partial charge in [-0.15, -0.1) is 0 Å². The fourth-order valence-electron chi connectivity index (χ4n) is 2.15. The molecule has 2 N–H and O–H groups in total. The number of nitrogens with zero attached hydrogens (tertiary/aromatic N) is 3. The lowest BCUT2D eigenvalue weighted by molar-refractivity contribution is -0.149. The summed E-state index contributed by atoms with van der Waals surface area (Å²) >= 11 is 0. The molecule has 2 aromatic rings. The number of benzene rings is 1. The molecule has 1 fully saturated rings. The number of nitrogen functional groups attached to an aromatic ring is 1. The number of hydrogen-bond donors (Lipinski definition) is 1. The number of piperazine rings is 1. The average Bonchev–Trinajstić information content (AvgIpc) is 2.80. The average molecular weight is 274 g/mol. The quantitative estimate of drug-likeness (QED) is 0.790. The van der Waals surface area contributed by atoms with Crippen LogP contribution in [0.25, 0.3) is 11.1 Å². The lowest BCUT2D eigenvalue weighted by Gasteiger charge is -2.30. The smallest absolute Gasteiger partial charge is 0.243 e. The summed E-state index contributed by atoms with van der Waals surface area (Å²) in [6, 6.07) is 5.27. The molecular weight excluding hydrogens is 260 g/mol. The molecule has 7 nitrogen and oxygen atoms in total. The van der Waals surface area contributed by atoms with E-state index in [9.17, 15) is 9.59 Å². The molecule has 20 heavy (non-hydrogen) atoms. The van der Waals surface area contributed by atoms with E-state index in [2.05, 4.69) is 4.98 Å². The highest BCUT2D eigenvalue weighted by atomic mass is 16.3. The summed E-state index contributed by atoms with van der Waals surface area (Å²) in [5.74, 6) is 0.158. The highest BCUT2D eigenvalue weighted by Crippen LogP contribution is 2.22. The van der Waals surface area contributed by atoms with Crippen molar-refractivity contribution >= 4 is 28.6 Å². The van der Waals surface area contributed by atoms with Gasteiger partial charge in [0.15, 0.2) is 5.58 Å². The van der Waals surface area contributed by atoms with E-state index in [1.54, 1.807) is 25.2 Å². The summed E-state index contributed by atoms with van der Waals surface area (Å²) in [7, 11) is 1.61. The predicted molar refractivity (Wildman–Crippen MR) is 71.5 cm³/mol. The van der Waals surface area contributed by atoms with Crippen LogP contribution in [0.15, 0.2) is 22.6 Å². The van der Waals surface area contributed by atoms with Gasteiger partial charge in [0.05, 0.1) is 18.8 Å². The van der Waals surface area contributed by atoms with Gasteiger partial charge in [-0.1, -0.05) is 6.07 Å². The van der Waals surface area contributed by atoms with Crippen molar-refractivity contribution in [3.8, 4) is 0 Å². The van der Waals surface area contributed by atoms with E-state index < -0.39 is 0 Å². The van der Waals surface area contributed by atoms with Crippen LogP contribution in [0.3, 0.4) is 0 Å². The van der Waals surface area contributed by atoms with Crippen LogP contribution in [-0.4, -0.2) is 46.7 Å². The molecule has 0 aliphatic carbocycles. The Balaban J connectivity index is 1.84. The third-order valence-corrected chi connectivity index (χ3v) is 3.30. The molecule has 1 aliphatic heterocycles. The SMILES string of the molecule is CN1CC(=O)N(Cc2nc3c(N)cccc3o2)CC1=O. The molecule has 7 heteroatoms. The van der Waals surface area contributed by atoms with Gasteiger partial charge in [-0.25, -0.2) is 4.98 Å². The zero-order chi connectivity index (χ0) is 14.3. The highest BCUT2D eigenvalue weighted by Gasteiger charge is 2.28. The van der Waals surface area contributed by atoms with Crippen LogP contribution in [0.1, 0.15) is 5.89 Å². The minimum Gasteiger partial charge on any atom is -0.439 e. The largest absolute Gasteiger partial charge is 0.439 e. The second kappa shape index (κ2) is 4.52. The van der Waals surface area contributed by atoms with Crippen LogP contribution >= 0.6 is 0 Å². The Labute approximate surface area is 114 Å². The van der Waals surface area contributed by atoms with E-state index in [0.717, 1.165) is 0 Å². The van der Waals surface area contributed by atoms with E-state index in [4.69, 9.17) is 10.2 Å². The number of para-hydroxylation sites is 1. The molecular formula is C13H14N4O3. The van der Waals surface area contributed by atoms with Crippen molar-refractivity contribution < 1.29 is 14.0 Å². The van der Waals surface area contributed by atoms with Gasteiger partial charge in [-0.3, -0.25) is 9.59 Å². The molecule has 1 saturated heterocycles. The second-order valence-corrected chi connectivity index (χ2v) is 4.80. The first-order valence-corrected chi connectivity index (χ1v) is 6.20. The summed E-state index contributed by atoms with van der Waals surface area (Å²) in [4.78, 5) is 30.6. The van der Waals surface area contributed by atoms with E-state index in [-0.39, 0.29) is 31.4 Å². The number of amides is 2. The normalized spacial score (nSPS) is 16.2. The van der Waals surface area contributed by atoms with Crippen LogP contribution in [0.2, 0.25) is 0 Å². The minimum atomic E-state index is -0.123. The summed E-state index contributed by atoms with van der Waals surface area (Å²) in [5.41, 5.74) is 7.49. The Morgan fingerprint density at radius 2 is 2.10 bits per heavy atom. The number of oxazole rings is 1. The van der Waals surface area contributed by atoms with Crippen LogP contribution < -0.4 is 5.73 Å². The zero-order valence-electron chi connectivity index (χ0n) is 11.0. The highest BCUT2D eigenvalue weighted by molar-refractivity contribution is 5.92. The number of nitrogens with two attached hydrogens (primary N) is 1. The van der Waals surface area contributed by atoms with E-state index >= 15 is 0 Å². The molecule has 1 aromatic heterocycles. The van der Waals surface area contributed by atoms with Gasteiger partial charge in [-0.2, -0.15) is 0 Å². The summed E-state index contributed by atoms with van der Waals surface area (Å²) in [5, 5.41) is 0. The first kappa shape index (κ1) is 12.5. The van der Waals surface area contributed by atoms with E-state index in [1.165, 1.54) is 9.80 Å². The fourth-order valence-corrected chi connectivity index (χ4v) is 2.15. The number of likely N-dealkylation sites (N-methyl/N-ethyl adjacent to an activating group) is 1. The molecule has 0 unspecified atom stereocenters. The van der Waals surface area contributed by atoms with E-state index in [1.807, 2.05) is 0 Å². The van der Waals surface area contributed by atoms with Crippen molar-refractivity contribution in [2.75, 3.05) is 25.9 Å². The van der Waals surface area contributed by atoms with Crippen LogP contribution in [0, 0.1) is 0 Å². The topological polar surface area (TPSA) is 92.7 Å². The Morgan fingerprint density at radius 1 is 1.30 bits per heavy atom. The van der Waals surface area contributed by atoms with Crippen LogP contribution in [-0.2, 0) is 16.1 Å². The third kappa shape index (κ3) is 2.07. The number of carbonyl (C=O) groups excluding carboxylic acids is 2. The molecule has 3 rings (SSSR count). The molecule has 2 heterocycles. The maximum atomic E-state index is 11.9. The van der Waals surface area contributed by atoms with Crippen molar-refractivity contribution in [3.05, 3.63) is 24.1 Å². The number of carbonyl (C=O) groups is 2. The van der Waals surface area contributed by atoms with Crippen molar-refractivity contribution in [3.63, 3.8) is 0 Å². The monoisotopic (exact) mass is 274 g/mol. The van der Waals surface area contributed by atoms with Crippen molar-refractivity contribution in [1.29, 1.82) is 0 Å². The number of fused-ring (bicyclic) bond motifs is 1. The molecule has 104 valence electrons. The Kier molecular flexibility index (Phi) is 2.81. The standard InChI is InChI=1S/C13H14N4O3/c1-16-6-12(19)17(7-11(16)18)5-10-15-13-8(14)3-2-4-9(13)20-10/h2-4H,5-7,14H2,1H3. The third-order valence-electron chi connectivity index (χ3n) is 3.30. The van der Waals surface area contributed by atoms with Gasteiger partial charge in [0, 0.05) is 7.05 Å². The number of aromatic nitrogens is 1. The molecule has 0 bridgehead atoms.